The van der Waals surface area contributed by atoms with Gasteiger partial charge in [0.1, 0.15) is 0 Å². The summed E-state index contributed by atoms with van der Waals surface area (Å²) in [5, 5.41) is 0. The highest BCUT2D eigenvalue weighted by molar-refractivity contribution is 5.94. The molecule has 1 saturated heterocycles. The van der Waals surface area contributed by atoms with E-state index in [2.05, 4.69) is 0 Å². The molecular weight excluding hydrogens is 319 g/mol. The maximum absolute atomic E-state index is 12.5. The SMILES string of the molecule is CN(C(=O)c1ccc(N)cc1)C1CCCN(CCCC(F)(F)F)C1. The molecule has 0 radical (unpaired) electrons. The van der Waals surface area contributed by atoms with Crippen LogP contribution in [0.2, 0.25) is 0 Å². The predicted octanol–water partition coefficient (Wildman–Crippen LogP) is 3.15. The van der Waals surface area contributed by atoms with E-state index in [9.17, 15) is 18.0 Å². The first-order valence-corrected chi connectivity index (χ1v) is 8.18. The van der Waals surface area contributed by atoms with Gasteiger partial charge in [0.2, 0.25) is 0 Å². The van der Waals surface area contributed by atoms with Crippen LogP contribution in [0.3, 0.4) is 0 Å². The van der Waals surface area contributed by atoms with Crippen LogP contribution in [0.15, 0.2) is 24.3 Å². The van der Waals surface area contributed by atoms with Crippen molar-refractivity contribution in [2.24, 2.45) is 0 Å². The quantitative estimate of drug-likeness (QED) is 0.836. The summed E-state index contributed by atoms with van der Waals surface area (Å²) in [5.74, 6) is -0.0860. The van der Waals surface area contributed by atoms with Crippen molar-refractivity contribution in [1.29, 1.82) is 0 Å². The Labute approximate surface area is 140 Å². The third-order valence-corrected chi connectivity index (χ3v) is 4.44. The number of amides is 1. The summed E-state index contributed by atoms with van der Waals surface area (Å²) in [6.07, 6.45) is -3.00. The van der Waals surface area contributed by atoms with E-state index in [-0.39, 0.29) is 18.4 Å². The summed E-state index contributed by atoms with van der Waals surface area (Å²) >= 11 is 0. The molecule has 24 heavy (non-hydrogen) atoms. The van der Waals surface area contributed by atoms with E-state index < -0.39 is 12.6 Å². The number of likely N-dealkylation sites (tertiary alicyclic amines) is 1. The number of benzene rings is 1. The summed E-state index contributed by atoms with van der Waals surface area (Å²) in [6, 6.07) is 6.78. The first-order valence-electron chi connectivity index (χ1n) is 8.18. The number of nitrogen functional groups attached to an aromatic ring is 1. The number of carbonyl (C=O) groups excluding carboxylic acids is 1. The zero-order chi connectivity index (χ0) is 17.7. The lowest BCUT2D eigenvalue weighted by atomic mass is 10.0. The lowest BCUT2D eigenvalue weighted by Gasteiger charge is -2.37. The van der Waals surface area contributed by atoms with E-state index in [1.807, 2.05) is 4.90 Å². The molecule has 1 unspecified atom stereocenters. The van der Waals surface area contributed by atoms with Crippen molar-refractivity contribution in [3.8, 4) is 0 Å². The molecule has 1 fully saturated rings. The van der Waals surface area contributed by atoms with E-state index in [0.717, 1.165) is 19.4 Å². The second kappa shape index (κ2) is 7.88. The summed E-state index contributed by atoms with van der Waals surface area (Å²) < 4.78 is 36.8. The Bertz CT molecular complexity index is 545. The fraction of sp³-hybridized carbons (Fsp3) is 0.588. The van der Waals surface area contributed by atoms with Crippen molar-refractivity contribution in [2.75, 3.05) is 32.4 Å². The maximum Gasteiger partial charge on any atom is 0.389 e. The average Bonchev–Trinajstić information content (AvgIpc) is 2.53. The molecule has 1 amide bonds. The molecule has 134 valence electrons. The molecule has 0 bridgehead atoms. The lowest BCUT2D eigenvalue weighted by Crippen LogP contribution is -2.48. The Morgan fingerprint density at radius 3 is 2.62 bits per heavy atom. The molecule has 1 heterocycles. The molecule has 0 spiro atoms. The smallest absolute Gasteiger partial charge is 0.389 e. The standard InChI is InChI=1S/C17H24F3N3O/c1-22(16(24)13-5-7-14(21)8-6-13)15-4-2-10-23(12-15)11-3-9-17(18,19)20/h5-8,15H,2-4,9-12,21H2,1H3. The first kappa shape index (κ1) is 18.6. The number of rotatable bonds is 5. The van der Waals surface area contributed by atoms with Gasteiger partial charge in [-0.25, -0.2) is 0 Å². The Morgan fingerprint density at radius 2 is 2.00 bits per heavy atom. The maximum atomic E-state index is 12.5. The van der Waals surface area contributed by atoms with Crippen LogP contribution in [0, 0.1) is 0 Å². The van der Waals surface area contributed by atoms with Crippen LogP contribution in [-0.4, -0.2) is 54.6 Å². The summed E-state index contributed by atoms with van der Waals surface area (Å²) in [4.78, 5) is 16.2. The minimum absolute atomic E-state index is 0.0229. The van der Waals surface area contributed by atoms with E-state index in [4.69, 9.17) is 5.73 Å². The molecule has 1 aromatic carbocycles. The molecule has 0 aliphatic carbocycles. The van der Waals surface area contributed by atoms with Crippen LogP contribution >= 0.6 is 0 Å². The number of carbonyl (C=O) groups is 1. The van der Waals surface area contributed by atoms with E-state index in [1.54, 1.807) is 36.2 Å². The third-order valence-electron chi connectivity index (χ3n) is 4.44. The Balaban J connectivity index is 1.88. The van der Waals surface area contributed by atoms with Crippen molar-refractivity contribution in [1.82, 2.24) is 9.80 Å². The van der Waals surface area contributed by atoms with Crippen LogP contribution in [0.5, 0.6) is 0 Å². The minimum atomic E-state index is -4.10. The van der Waals surface area contributed by atoms with Gasteiger partial charge in [-0.3, -0.25) is 4.79 Å². The molecule has 0 saturated carbocycles. The van der Waals surface area contributed by atoms with Gasteiger partial charge in [0, 0.05) is 37.3 Å². The van der Waals surface area contributed by atoms with Gasteiger partial charge in [0.25, 0.3) is 5.91 Å². The molecule has 1 atom stereocenters. The van der Waals surface area contributed by atoms with Crippen molar-refractivity contribution in [2.45, 2.75) is 37.9 Å². The monoisotopic (exact) mass is 343 g/mol. The van der Waals surface area contributed by atoms with E-state index in [0.29, 0.717) is 24.3 Å². The van der Waals surface area contributed by atoms with Crippen LogP contribution in [0.4, 0.5) is 18.9 Å². The van der Waals surface area contributed by atoms with Gasteiger partial charge in [0.15, 0.2) is 0 Å². The van der Waals surface area contributed by atoms with Crippen molar-refractivity contribution in [3.63, 3.8) is 0 Å². The van der Waals surface area contributed by atoms with Crippen molar-refractivity contribution in [3.05, 3.63) is 29.8 Å². The second-order valence-electron chi connectivity index (χ2n) is 6.35. The first-order chi connectivity index (χ1) is 11.3. The van der Waals surface area contributed by atoms with Crippen molar-refractivity contribution >= 4 is 11.6 Å². The molecule has 1 aliphatic heterocycles. The van der Waals surface area contributed by atoms with Gasteiger partial charge < -0.3 is 15.5 Å². The number of nitrogens with two attached hydrogens (primary N) is 1. The largest absolute Gasteiger partial charge is 0.399 e. The molecule has 4 nitrogen and oxygen atoms in total. The Hall–Kier alpha value is -1.76. The third kappa shape index (κ3) is 5.40. The summed E-state index contributed by atoms with van der Waals surface area (Å²) in [6.45, 7) is 1.83. The molecule has 1 aliphatic rings. The Kier molecular flexibility index (Phi) is 6.10. The highest BCUT2D eigenvalue weighted by Gasteiger charge is 2.29. The summed E-state index contributed by atoms with van der Waals surface area (Å²) in [7, 11) is 1.75. The highest BCUT2D eigenvalue weighted by Crippen LogP contribution is 2.23. The number of piperidine rings is 1. The van der Waals surface area contributed by atoms with E-state index in [1.165, 1.54) is 0 Å². The number of halogens is 3. The number of anilines is 1. The number of hydrogen-bond donors (Lipinski definition) is 1. The van der Waals surface area contributed by atoms with Crippen molar-refractivity contribution < 1.29 is 18.0 Å². The van der Waals surface area contributed by atoms with Gasteiger partial charge in [-0.2, -0.15) is 13.2 Å². The van der Waals surface area contributed by atoms with Gasteiger partial charge in [0.05, 0.1) is 0 Å². The zero-order valence-electron chi connectivity index (χ0n) is 13.9. The number of nitrogens with zero attached hydrogens (tertiary/aromatic N) is 2. The topological polar surface area (TPSA) is 49.6 Å². The normalized spacial score (nSPS) is 19.2. The van der Waals surface area contributed by atoms with Gasteiger partial charge in [-0.15, -0.1) is 0 Å². The van der Waals surface area contributed by atoms with Crippen LogP contribution in [0.25, 0.3) is 0 Å². The van der Waals surface area contributed by atoms with Crippen LogP contribution in [-0.2, 0) is 0 Å². The molecule has 1 aromatic rings. The molecule has 2 rings (SSSR count). The summed E-state index contributed by atoms with van der Waals surface area (Å²) in [5.41, 5.74) is 6.80. The number of alkyl halides is 3. The van der Waals surface area contributed by atoms with Crippen LogP contribution < -0.4 is 5.73 Å². The second-order valence-corrected chi connectivity index (χ2v) is 6.35. The van der Waals surface area contributed by atoms with E-state index >= 15 is 0 Å². The molecule has 0 aromatic heterocycles. The number of hydrogen-bond acceptors (Lipinski definition) is 3. The minimum Gasteiger partial charge on any atom is -0.399 e. The zero-order valence-corrected chi connectivity index (χ0v) is 13.9. The molecular formula is C17H24F3N3O. The van der Waals surface area contributed by atoms with Gasteiger partial charge >= 0.3 is 6.18 Å². The van der Waals surface area contributed by atoms with Gasteiger partial charge in [-0.1, -0.05) is 0 Å². The molecule has 2 N–H and O–H groups in total. The average molecular weight is 343 g/mol. The van der Waals surface area contributed by atoms with Crippen LogP contribution in [0.1, 0.15) is 36.0 Å². The fourth-order valence-corrected chi connectivity index (χ4v) is 3.05. The molecule has 7 heteroatoms. The highest BCUT2D eigenvalue weighted by atomic mass is 19.4. The fourth-order valence-electron chi connectivity index (χ4n) is 3.05. The van der Waals surface area contributed by atoms with Gasteiger partial charge in [-0.05, 0) is 56.6 Å². The predicted molar refractivity (Wildman–Crippen MR) is 87.7 cm³/mol. The number of likely N-dealkylation sites (N-methyl/N-ethyl adjacent to an activating group) is 1. The Morgan fingerprint density at radius 1 is 1.33 bits per heavy atom. The lowest BCUT2D eigenvalue weighted by molar-refractivity contribution is -0.136.